The molecule has 0 fully saturated rings. The minimum Gasteiger partial charge on any atom is -0.395 e. The lowest BCUT2D eigenvalue weighted by Crippen LogP contribution is -2.47. The van der Waals surface area contributed by atoms with E-state index in [2.05, 4.69) is 0 Å². The maximum atomic E-state index is 13.3. The number of hydrogen-bond donors (Lipinski definition) is 1. The second-order valence-electron chi connectivity index (χ2n) is 8.05. The monoisotopic (exact) mass is 552 g/mol. The fraction of sp³-hybridized carbons (Fsp3) is 0.455. The molecule has 0 radical (unpaired) electrons. The van der Waals surface area contributed by atoms with Gasteiger partial charge in [-0.05, 0) is 55.3 Å². The molecule has 2 aromatic carbocycles. The first-order valence-electron chi connectivity index (χ1n) is 10.5. The van der Waals surface area contributed by atoms with E-state index in [-0.39, 0.29) is 29.5 Å². The summed E-state index contributed by atoms with van der Waals surface area (Å²) >= 11 is 11.8. The summed E-state index contributed by atoms with van der Waals surface area (Å²) in [4.78, 5) is 0.0878. The number of aliphatic hydroxyl groups is 1. The van der Waals surface area contributed by atoms with Crippen LogP contribution in [0.3, 0.4) is 0 Å². The van der Waals surface area contributed by atoms with Crippen LogP contribution in [0.25, 0.3) is 0 Å². The molecule has 190 valence electrons. The summed E-state index contributed by atoms with van der Waals surface area (Å²) in [5.74, 6) is -0.418. The Labute approximate surface area is 212 Å². The summed E-state index contributed by atoms with van der Waals surface area (Å²) in [5, 5.41) is 10.4. The van der Waals surface area contributed by atoms with Gasteiger partial charge in [0.05, 0.1) is 22.5 Å². The number of likely N-dealkylation sites (N-methyl/N-ethyl adjacent to an activating group) is 1. The minimum absolute atomic E-state index is 0.00372. The van der Waals surface area contributed by atoms with Crippen LogP contribution in [0.1, 0.15) is 13.8 Å². The highest BCUT2D eigenvalue weighted by atomic mass is 35.5. The van der Waals surface area contributed by atoms with Crippen LogP contribution in [0.15, 0.2) is 58.3 Å². The van der Waals surface area contributed by atoms with Crippen molar-refractivity contribution >= 4 is 43.2 Å². The zero-order valence-corrected chi connectivity index (χ0v) is 22.6. The van der Waals surface area contributed by atoms with Crippen molar-refractivity contribution in [3.8, 4) is 0 Å². The van der Waals surface area contributed by atoms with Crippen LogP contribution in [-0.4, -0.2) is 76.6 Å². The predicted molar refractivity (Wildman–Crippen MR) is 133 cm³/mol. The average molecular weight is 554 g/mol. The van der Waals surface area contributed by atoms with E-state index >= 15 is 0 Å². The molecule has 0 aromatic heterocycles. The zero-order valence-electron chi connectivity index (χ0n) is 19.4. The summed E-state index contributed by atoms with van der Waals surface area (Å²) in [6.07, 6.45) is -0.632. The van der Waals surface area contributed by atoms with E-state index in [1.807, 2.05) is 0 Å². The third kappa shape index (κ3) is 6.92. The number of sulfonamides is 2. The number of ether oxygens (including phenoxy) is 1. The summed E-state index contributed by atoms with van der Waals surface area (Å²) in [6.45, 7) is 2.95. The lowest BCUT2D eigenvalue weighted by Gasteiger charge is -2.33. The molecular formula is C22H30Cl2N2O6S2. The van der Waals surface area contributed by atoms with E-state index in [4.69, 9.17) is 27.9 Å². The molecule has 2 aromatic rings. The van der Waals surface area contributed by atoms with Gasteiger partial charge in [-0.15, -0.1) is 0 Å². The van der Waals surface area contributed by atoms with Crippen LogP contribution < -0.4 is 0 Å². The largest absolute Gasteiger partial charge is 0.395 e. The Morgan fingerprint density at radius 3 is 2.06 bits per heavy atom. The van der Waals surface area contributed by atoms with Gasteiger partial charge in [0.25, 0.3) is 0 Å². The van der Waals surface area contributed by atoms with Crippen LogP contribution in [0.2, 0.25) is 10.0 Å². The zero-order chi connectivity index (χ0) is 25.7. The second kappa shape index (κ2) is 12.1. The molecular weight excluding hydrogens is 523 g/mol. The molecule has 0 bridgehead atoms. The molecule has 0 aliphatic rings. The average Bonchev–Trinajstić information content (AvgIpc) is 2.80. The fourth-order valence-electron chi connectivity index (χ4n) is 3.40. The highest BCUT2D eigenvalue weighted by Crippen LogP contribution is 2.24. The number of nitrogens with zero attached hydrogens (tertiary/aromatic N) is 2. The maximum Gasteiger partial charge on any atom is 0.243 e. The molecule has 3 atom stereocenters. The maximum absolute atomic E-state index is 13.3. The molecule has 0 aliphatic heterocycles. The van der Waals surface area contributed by atoms with E-state index in [1.54, 1.807) is 26.0 Å². The molecule has 0 aliphatic carbocycles. The summed E-state index contributed by atoms with van der Waals surface area (Å²) < 4.78 is 60.4. The summed E-state index contributed by atoms with van der Waals surface area (Å²) in [5.41, 5.74) is 0. The molecule has 0 unspecified atom stereocenters. The van der Waals surface area contributed by atoms with Gasteiger partial charge in [0.2, 0.25) is 20.0 Å². The van der Waals surface area contributed by atoms with Gasteiger partial charge < -0.3 is 9.84 Å². The quantitative estimate of drug-likeness (QED) is 0.433. The third-order valence-corrected chi connectivity index (χ3v) is 9.82. The highest BCUT2D eigenvalue weighted by molar-refractivity contribution is 7.89. The Kier molecular flexibility index (Phi) is 10.3. The van der Waals surface area contributed by atoms with Crippen molar-refractivity contribution in [2.24, 2.45) is 5.92 Å². The van der Waals surface area contributed by atoms with Gasteiger partial charge in [0.1, 0.15) is 0 Å². The van der Waals surface area contributed by atoms with Gasteiger partial charge in [-0.3, -0.25) is 0 Å². The van der Waals surface area contributed by atoms with Crippen LogP contribution >= 0.6 is 23.2 Å². The third-order valence-electron chi connectivity index (χ3n) is 5.52. The Morgan fingerprint density at radius 1 is 0.912 bits per heavy atom. The predicted octanol–water partition coefficient (Wildman–Crippen LogP) is 3.34. The topological polar surface area (TPSA) is 104 Å². The van der Waals surface area contributed by atoms with E-state index in [9.17, 15) is 21.9 Å². The van der Waals surface area contributed by atoms with Gasteiger partial charge in [-0.1, -0.05) is 36.2 Å². The van der Waals surface area contributed by atoms with Crippen molar-refractivity contribution in [2.75, 3.05) is 33.9 Å². The molecule has 8 nitrogen and oxygen atoms in total. The molecule has 34 heavy (non-hydrogen) atoms. The Balaban J connectivity index is 2.26. The lowest BCUT2D eigenvalue weighted by molar-refractivity contribution is 0.0360. The van der Waals surface area contributed by atoms with Crippen molar-refractivity contribution in [3.63, 3.8) is 0 Å². The van der Waals surface area contributed by atoms with Crippen molar-refractivity contribution in [1.82, 2.24) is 8.61 Å². The first-order valence-corrected chi connectivity index (χ1v) is 14.1. The van der Waals surface area contributed by atoms with Gasteiger partial charge in [0.15, 0.2) is 0 Å². The highest BCUT2D eigenvalue weighted by Gasteiger charge is 2.34. The van der Waals surface area contributed by atoms with Crippen LogP contribution in [0.5, 0.6) is 0 Å². The first kappa shape index (κ1) is 29.0. The molecule has 2 rings (SSSR count). The van der Waals surface area contributed by atoms with Crippen LogP contribution in [0.4, 0.5) is 0 Å². The molecule has 0 saturated heterocycles. The SMILES string of the molecule is CO[C@@H](CN(C)S(=O)(=O)c1cccc(Cl)c1)[C@@H](C)CN([C@H](C)CO)S(=O)(=O)c1ccc(Cl)cc1. The van der Waals surface area contributed by atoms with Gasteiger partial charge in [-0.2, -0.15) is 8.61 Å². The van der Waals surface area contributed by atoms with Crippen LogP contribution in [-0.2, 0) is 24.8 Å². The lowest BCUT2D eigenvalue weighted by atomic mass is 10.0. The fourth-order valence-corrected chi connectivity index (χ4v) is 6.73. The van der Waals surface area contributed by atoms with Crippen LogP contribution in [0, 0.1) is 5.92 Å². The Bertz CT molecular complexity index is 1160. The smallest absolute Gasteiger partial charge is 0.243 e. The minimum atomic E-state index is -3.96. The standard InChI is InChI=1S/C22H30Cl2N2O6S2/c1-16(13-26(17(2)15-27)34(30,31)20-10-8-18(23)9-11-20)22(32-4)14-25(3)33(28,29)21-7-5-6-19(24)12-21/h5-12,16-17,22,27H,13-15H2,1-4H3/t16-,17+,22-/m0/s1. The number of aliphatic hydroxyl groups excluding tert-OH is 1. The molecule has 0 heterocycles. The van der Waals surface area contributed by atoms with Crippen molar-refractivity contribution in [2.45, 2.75) is 35.8 Å². The Morgan fingerprint density at radius 2 is 1.53 bits per heavy atom. The van der Waals surface area contributed by atoms with Gasteiger partial charge in [-0.25, -0.2) is 16.8 Å². The number of benzene rings is 2. The number of halogens is 2. The number of rotatable bonds is 12. The van der Waals surface area contributed by atoms with Crippen molar-refractivity contribution in [3.05, 3.63) is 58.6 Å². The number of hydrogen-bond acceptors (Lipinski definition) is 6. The summed E-state index contributed by atoms with van der Waals surface area (Å²) in [6, 6.07) is 11.0. The van der Waals surface area contributed by atoms with Crippen molar-refractivity contribution in [1.29, 1.82) is 0 Å². The Hall–Kier alpha value is -1.24. The normalized spacial score (nSPS) is 15.4. The van der Waals surface area contributed by atoms with E-state index in [0.717, 1.165) is 4.31 Å². The van der Waals surface area contributed by atoms with Gasteiger partial charge >= 0.3 is 0 Å². The second-order valence-corrected chi connectivity index (χ2v) is 12.9. The van der Waals surface area contributed by atoms with E-state index < -0.39 is 38.1 Å². The van der Waals surface area contributed by atoms with E-state index in [1.165, 1.54) is 54.9 Å². The molecule has 1 N–H and O–H groups in total. The molecule has 0 spiro atoms. The molecule has 0 saturated carbocycles. The number of methoxy groups -OCH3 is 1. The van der Waals surface area contributed by atoms with Crippen molar-refractivity contribution < 1.29 is 26.7 Å². The summed E-state index contributed by atoms with van der Waals surface area (Å²) in [7, 11) is -4.94. The first-order chi connectivity index (χ1) is 15.8. The van der Waals surface area contributed by atoms with Gasteiger partial charge in [0, 0.05) is 43.3 Å². The van der Waals surface area contributed by atoms with E-state index in [0.29, 0.717) is 10.0 Å². The molecule has 0 amide bonds. The molecule has 12 heteroatoms.